The molecule has 0 aromatic carbocycles. The van der Waals surface area contributed by atoms with Crippen LogP contribution in [0.25, 0.3) is 0 Å². The predicted molar refractivity (Wildman–Crippen MR) is 55.2 cm³/mol. The molecule has 0 saturated heterocycles. The van der Waals surface area contributed by atoms with Crippen molar-refractivity contribution in [1.82, 2.24) is 0 Å². The molecule has 0 aliphatic carbocycles. The van der Waals surface area contributed by atoms with E-state index in [0.717, 1.165) is 19.3 Å². The van der Waals surface area contributed by atoms with Gasteiger partial charge in [-0.1, -0.05) is 39.5 Å². The molecule has 0 fully saturated rings. The molecule has 0 heterocycles. The first kappa shape index (κ1) is 12.8. The van der Waals surface area contributed by atoms with E-state index >= 15 is 0 Å². The lowest BCUT2D eigenvalue weighted by molar-refractivity contribution is -0.136. The van der Waals surface area contributed by atoms with Crippen LogP contribution < -0.4 is 0 Å². The van der Waals surface area contributed by atoms with Gasteiger partial charge in [0.15, 0.2) is 0 Å². The summed E-state index contributed by atoms with van der Waals surface area (Å²) in [6.45, 7) is 4.23. The molecule has 0 radical (unpaired) electrons. The monoisotopic (exact) mass is 206 g/mol. The van der Waals surface area contributed by atoms with Crippen LogP contribution in [0.1, 0.15) is 46.0 Å². The number of hydrogen-bond acceptors (Lipinski definition) is 1. The fourth-order valence-corrected chi connectivity index (χ4v) is 1.63. The summed E-state index contributed by atoms with van der Waals surface area (Å²) in [6, 6.07) is 0. The van der Waals surface area contributed by atoms with E-state index in [9.17, 15) is 4.79 Å². The average molecular weight is 207 g/mol. The summed E-state index contributed by atoms with van der Waals surface area (Å²) in [5, 5.41) is 7.91. The van der Waals surface area contributed by atoms with Crippen molar-refractivity contribution in [3.63, 3.8) is 0 Å². The number of rotatable bonds is 7. The van der Waals surface area contributed by atoms with Crippen molar-refractivity contribution in [3.05, 3.63) is 0 Å². The normalized spacial score (nSPS) is 15.3. The van der Waals surface area contributed by atoms with Gasteiger partial charge in [0, 0.05) is 0 Å². The second-order valence-electron chi connectivity index (χ2n) is 3.46. The van der Waals surface area contributed by atoms with Crippen molar-refractivity contribution in [1.29, 1.82) is 0 Å². The van der Waals surface area contributed by atoms with E-state index in [2.05, 4.69) is 13.8 Å². The Morgan fingerprint density at radius 3 is 2.46 bits per heavy atom. The van der Waals surface area contributed by atoms with Gasteiger partial charge in [-0.2, -0.15) is 0 Å². The van der Waals surface area contributed by atoms with E-state index in [4.69, 9.17) is 16.7 Å². The Balaban J connectivity index is 3.75. The summed E-state index contributed by atoms with van der Waals surface area (Å²) in [5.41, 5.74) is 0. The fourth-order valence-electron chi connectivity index (χ4n) is 1.37. The topological polar surface area (TPSA) is 37.3 Å². The molecule has 2 nitrogen and oxygen atoms in total. The van der Waals surface area contributed by atoms with Gasteiger partial charge in [-0.15, -0.1) is 11.6 Å². The van der Waals surface area contributed by atoms with E-state index in [1.807, 2.05) is 0 Å². The van der Waals surface area contributed by atoms with Crippen molar-refractivity contribution < 1.29 is 9.90 Å². The molecule has 3 heteroatoms. The Bertz CT molecular complexity index is 148. The van der Waals surface area contributed by atoms with Gasteiger partial charge in [-0.3, -0.25) is 4.79 Å². The van der Waals surface area contributed by atoms with Gasteiger partial charge in [0.05, 0.1) is 0 Å². The quantitative estimate of drug-likeness (QED) is 0.650. The van der Waals surface area contributed by atoms with Crippen LogP contribution in [0.2, 0.25) is 0 Å². The second-order valence-corrected chi connectivity index (χ2v) is 3.98. The molecular formula is C10H19ClO2. The van der Waals surface area contributed by atoms with Gasteiger partial charge in [0.1, 0.15) is 5.38 Å². The zero-order valence-electron chi connectivity index (χ0n) is 8.42. The first-order valence-corrected chi connectivity index (χ1v) is 5.42. The van der Waals surface area contributed by atoms with Crippen molar-refractivity contribution >= 4 is 17.6 Å². The second kappa shape index (κ2) is 7.19. The SMILES string of the molecule is CCCCC(CC)CC(Cl)C(=O)O. The molecule has 0 aliphatic rings. The van der Waals surface area contributed by atoms with Gasteiger partial charge in [0.25, 0.3) is 0 Å². The van der Waals surface area contributed by atoms with Gasteiger partial charge in [-0.25, -0.2) is 0 Å². The van der Waals surface area contributed by atoms with Crippen LogP contribution in [0.15, 0.2) is 0 Å². The summed E-state index contributed by atoms with van der Waals surface area (Å²) in [5.74, 6) is -0.421. The highest BCUT2D eigenvalue weighted by atomic mass is 35.5. The van der Waals surface area contributed by atoms with Crippen LogP contribution in [0, 0.1) is 5.92 Å². The Morgan fingerprint density at radius 2 is 2.08 bits per heavy atom. The summed E-state index contributed by atoms with van der Waals surface area (Å²) in [7, 11) is 0. The summed E-state index contributed by atoms with van der Waals surface area (Å²) in [4.78, 5) is 10.5. The maximum Gasteiger partial charge on any atom is 0.321 e. The standard InChI is InChI=1S/C10H19ClO2/c1-3-5-6-8(4-2)7-9(11)10(12)13/h8-9H,3-7H2,1-2H3,(H,12,13). The van der Waals surface area contributed by atoms with Crippen molar-refractivity contribution in [3.8, 4) is 0 Å². The number of aliphatic carboxylic acids is 1. The molecule has 0 aromatic rings. The van der Waals surface area contributed by atoms with E-state index in [1.54, 1.807) is 0 Å². The lowest BCUT2D eigenvalue weighted by Crippen LogP contribution is -2.17. The van der Waals surface area contributed by atoms with Crippen LogP contribution in [0.4, 0.5) is 0 Å². The number of carbonyl (C=O) groups is 1. The largest absolute Gasteiger partial charge is 0.480 e. The maximum atomic E-state index is 10.5. The van der Waals surface area contributed by atoms with E-state index in [0.29, 0.717) is 12.3 Å². The average Bonchev–Trinajstić information content (AvgIpc) is 2.11. The number of carboxylic acids is 1. The molecule has 78 valence electrons. The fraction of sp³-hybridized carbons (Fsp3) is 0.900. The smallest absolute Gasteiger partial charge is 0.321 e. The zero-order valence-corrected chi connectivity index (χ0v) is 9.18. The molecule has 2 unspecified atom stereocenters. The molecule has 0 amide bonds. The lowest BCUT2D eigenvalue weighted by Gasteiger charge is -2.15. The van der Waals surface area contributed by atoms with Gasteiger partial charge < -0.3 is 5.11 Å². The molecule has 0 spiro atoms. The Morgan fingerprint density at radius 1 is 1.46 bits per heavy atom. The molecule has 0 aromatic heterocycles. The molecule has 0 rings (SSSR count). The molecule has 0 aliphatic heterocycles. The van der Waals surface area contributed by atoms with Crippen molar-refractivity contribution in [2.75, 3.05) is 0 Å². The van der Waals surface area contributed by atoms with Gasteiger partial charge >= 0.3 is 5.97 Å². The Kier molecular flexibility index (Phi) is 7.06. The molecular weight excluding hydrogens is 188 g/mol. The highest BCUT2D eigenvalue weighted by molar-refractivity contribution is 6.29. The number of alkyl halides is 1. The summed E-state index contributed by atoms with van der Waals surface area (Å²) >= 11 is 5.67. The maximum absolute atomic E-state index is 10.5. The Labute approximate surface area is 85.3 Å². The highest BCUT2D eigenvalue weighted by Crippen LogP contribution is 2.20. The van der Waals surface area contributed by atoms with Gasteiger partial charge in [-0.05, 0) is 12.3 Å². The van der Waals surface area contributed by atoms with Crippen LogP contribution in [0.5, 0.6) is 0 Å². The minimum Gasteiger partial charge on any atom is -0.480 e. The minimum atomic E-state index is -0.892. The van der Waals surface area contributed by atoms with Crippen LogP contribution in [0.3, 0.4) is 0 Å². The van der Waals surface area contributed by atoms with Crippen LogP contribution in [-0.2, 0) is 4.79 Å². The van der Waals surface area contributed by atoms with E-state index in [1.165, 1.54) is 6.42 Å². The van der Waals surface area contributed by atoms with Crippen molar-refractivity contribution in [2.45, 2.75) is 51.3 Å². The van der Waals surface area contributed by atoms with Crippen molar-refractivity contribution in [2.24, 2.45) is 5.92 Å². The third kappa shape index (κ3) is 5.92. The first-order chi connectivity index (χ1) is 6.11. The molecule has 1 N–H and O–H groups in total. The molecule has 13 heavy (non-hydrogen) atoms. The number of hydrogen-bond donors (Lipinski definition) is 1. The lowest BCUT2D eigenvalue weighted by atomic mass is 9.94. The molecule has 0 bridgehead atoms. The van der Waals surface area contributed by atoms with Crippen LogP contribution >= 0.6 is 11.6 Å². The third-order valence-corrected chi connectivity index (χ3v) is 2.72. The highest BCUT2D eigenvalue weighted by Gasteiger charge is 2.18. The number of halogens is 1. The number of carboxylic acid groups (broad SMARTS) is 1. The Hall–Kier alpha value is -0.240. The van der Waals surface area contributed by atoms with E-state index in [-0.39, 0.29) is 0 Å². The summed E-state index contributed by atoms with van der Waals surface area (Å²) < 4.78 is 0. The first-order valence-electron chi connectivity index (χ1n) is 4.98. The summed E-state index contributed by atoms with van der Waals surface area (Å²) in [6.07, 6.45) is 5.06. The molecule has 2 atom stereocenters. The third-order valence-electron chi connectivity index (χ3n) is 2.35. The predicted octanol–water partition coefficient (Wildman–Crippen LogP) is 3.28. The zero-order chi connectivity index (χ0) is 10.3. The molecule has 0 saturated carbocycles. The van der Waals surface area contributed by atoms with Gasteiger partial charge in [0.2, 0.25) is 0 Å². The van der Waals surface area contributed by atoms with Crippen LogP contribution in [-0.4, -0.2) is 16.5 Å². The van der Waals surface area contributed by atoms with E-state index < -0.39 is 11.3 Å². The number of unbranched alkanes of at least 4 members (excludes halogenated alkanes) is 1. The minimum absolute atomic E-state index is 0.471.